The second-order valence-corrected chi connectivity index (χ2v) is 9.06. The van der Waals surface area contributed by atoms with Crippen molar-refractivity contribution < 1.29 is 23.9 Å². The minimum atomic E-state index is -1.77. The van der Waals surface area contributed by atoms with Gasteiger partial charge in [-0.15, -0.1) is 0 Å². The van der Waals surface area contributed by atoms with Crippen LogP contribution in [-0.4, -0.2) is 23.8 Å². The second-order valence-electron chi connectivity index (χ2n) is 9.06. The Labute approximate surface area is 201 Å². The number of nitrogens with zero attached hydrogens (tertiary/aromatic N) is 2. The molecule has 0 aromatic heterocycles. The van der Waals surface area contributed by atoms with Crippen LogP contribution < -0.4 is 9.80 Å². The lowest BCUT2D eigenvalue weighted by Crippen LogP contribution is -2.83. The SMILES string of the molecule is CCC12C(=O)N(c3ccccc3)C(c3ccccc3)(C3C(=O)OC(=O)C31)N(c1ccccc1)C2=O. The van der Waals surface area contributed by atoms with Crippen molar-refractivity contribution in [3.8, 4) is 0 Å². The normalized spacial score (nSPS) is 29.4. The quantitative estimate of drug-likeness (QED) is 0.433. The van der Waals surface area contributed by atoms with Gasteiger partial charge in [-0.05, 0) is 36.2 Å². The van der Waals surface area contributed by atoms with Crippen LogP contribution >= 0.6 is 0 Å². The molecule has 4 saturated heterocycles. The average molecular weight is 466 g/mol. The Bertz CT molecular complexity index is 1300. The van der Waals surface area contributed by atoms with Gasteiger partial charge in [0.15, 0.2) is 5.66 Å². The van der Waals surface area contributed by atoms with Crippen molar-refractivity contribution >= 4 is 35.1 Å². The summed E-state index contributed by atoms with van der Waals surface area (Å²) in [7, 11) is 0. The molecule has 2 bridgehead atoms. The number of rotatable bonds is 4. The molecule has 0 saturated carbocycles. The highest BCUT2D eigenvalue weighted by Gasteiger charge is 2.82. The molecule has 174 valence electrons. The lowest BCUT2D eigenvalue weighted by Gasteiger charge is -2.65. The van der Waals surface area contributed by atoms with E-state index in [-0.39, 0.29) is 6.42 Å². The lowest BCUT2D eigenvalue weighted by atomic mass is 9.54. The Morgan fingerprint density at radius 2 is 1.09 bits per heavy atom. The molecule has 2 amide bonds. The molecule has 0 spiro atoms. The van der Waals surface area contributed by atoms with E-state index in [2.05, 4.69) is 0 Å². The average Bonchev–Trinajstić information content (AvgIpc) is 3.21. The van der Waals surface area contributed by atoms with Crippen LogP contribution in [0, 0.1) is 17.3 Å². The Morgan fingerprint density at radius 3 is 1.54 bits per heavy atom. The zero-order chi connectivity index (χ0) is 24.4. The molecule has 35 heavy (non-hydrogen) atoms. The van der Waals surface area contributed by atoms with Gasteiger partial charge in [-0.3, -0.25) is 29.0 Å². The van der Waals surface area contributed by atoms with E-state index >= 15 is 0 Å². The summed E-state index contributed by atoms with van der Waals surface area (Å²) in [5, 5.41) is 0. The first-order valence-corrected chi connectivity index (χ1v) is 11.6. The smallest absolute Gasteiger partial charge is 0.322 e. The van der Waals surface area contributed by atoms with Gasteiger partial charge in [0.25, 0.3) is 0 Å². The summed E-state index contributed by atoms with van der Waals surface area (Å²) in [6, 6.07) is 26.9. The minimum absolute atomic E-state index is 0.0474. The molecule has 0 N–H and O–H groups in total. The summed E-state index contributed by atoms with van der Waals surface area (Å²) in [6.07, 6.45) is 0.0474. The number of anilines is 2. The summed E-state index contributed by atoms with van der Waals surface area (Å²) in [4.78, 5) is 58.6. The Balaban J connectivity index is 1.79. The number of piperidine rings is 2. The highest BCUT2D eigenvalue weighted by atomic mass is 16.6. The maximum Gasteiger partial charge on any atom is 0.322 e. The number of carbonyl (C=O) groups excluding carboxylic acids is 4. The summed E-state index contributed by atoms with van der Waals surface area (Å²) in [6.45, 7) is 1.70. The van der Waals surface area contributed by atoms with Gasteiger partial charge in [-0.1, -0.05) is 73.7 Å². The predicted molar refractivity (Wildman–Crippen MR) is 127 cm³/mol. The maximum absolute atomic E-state index is 14.5. The van der Waals surface area contributed by atoms with Gasteiger partial charge >= 0.3 is 11.9 Å². The van der Waals surface area contributed by atoms with Gasteiger partial charge in [0.05, 0.1) is 5.92 Å². The number of ether oxygens (including phenoxy) is 1. The van der Waals surface area contributed by atoms with Crippen molar-refractivity contribution in [1.29, 1.82) is 0 Å². The summed E-state index contributed by atoms with van der Waals surface area (Å²) in [5.41, 5.74) is -1.81. The van der Waals surface area contributed by atoms with Gasteiger partial charge in [0.1, 0.15) is 11.3 Å². The molecule has 4 aliphatic rings. The first-order chi connectivity index (χ1) is 17.0. The van der Waals surface area contributed by atoms with Crippen LogP contribution in [0.3, 0.4) is 0 Å². The number of cyclic esters (lactones) is 2. The van der Waals surface area contributed by atoms with Crippen molar-refractivity contribution in [3.05, 3.63) is 96.6 Å². The number of hydrogen-bond acceptors (Lipinski definition) is 5. The third-order valence-corrected chi connectivity index (χ3v) is 7.64. The Kier molecular flexibility index (Phi) is 4.48. The molecule has 2 atom stereocenters. The van der Waals surface area contributed by atoms with E-state index in [1.807, 2.05) is 18.2 Å². The van der Waals surface area contributed by atoms with Crippen molar-refractivity contribution in [2.75, 3.05) is 9.80 Å². The zero-order valence-electron chi connectivity index (χ0n) is 19.0. The first-order valence-electron chi connectivity index (χ1n) is 11.6. The molecule has 3 aromatic rings. The minimum Gasteiger partial charge on any atom is -0.393 e. The number of amides is 2. The van der Waals surface area contributed by atoms with Crippen LogP contribution in [-0.2, 0) is 29.6 Å². The first kappa shape index (κ1) is 21.3. The van der Waals surface area contributed by atoms with Crippen LogP contribution in [0.5, 0.6) is 0 Å². The molecular formula is C28H22N2O5. The molecule has 2 unspecified atom stereocenters. The molecule has 7 heteroatoms. The van der Waals surface area contributed by atoms with E-state index in [1.165, 1.54) is 0 Å². The van der Waals surface area contributed by atoms with Crippen LogP contribution in [0.4, 0.5) is 11.4 Å². The van der Waals surface area contributed by atoms with E-state index < -0.39 is 46.7 Å². The van der Waals surface area contributed by atoms with Crippen molar-refractivity contribution in [1.82, 2.24) is 0 Å². The van der Waals surface area contributed by atoms with Crippen molar-refractivity contribution in [3.63, 3.8) is 0 Å². The Morgan fingerprint density at radius 1 is 0.657 bits per heavy atom. The molecule has 0 radical (unpaired) electrons. The third kappa shape index (κ3) is 2.45. The maximum atomic E-state index is 14.5. The van der Waals surface area contributed by atoms with Crippen LogP contribution in [0.25, 0.3) is 0 Å². The standard InChI is InChI=1S/C28H22N2O5/c1-2-27-21-22(24(32)35-23(21)31)28(18-12-6-3-7-13-18,29(25(27)33)19-14-8-4-9-15-19)30(26(27)34)20-16-10-5-11-17-20/h3-17,21-22H,2H2,1H3. The summed E-state index contributed by atoms with van der Waals surface area (Å²) in [5.74, 6) is -4.86. The molecular weight excluding hydrogens is 444 g/mol. The third-order valence-electron chi connectivity index (χ3n) is 7.64. The van der Waals surface area contributed by atoms with E-state index in [0.29, 0.717) is 16.9 Å². The fourth-order valence-electron chi connectivity index (χ4n) is 6.25. The number of fused-ring (bicyclic) bond motifs is 2. The molecule has 0 aliphatic carbocycles. The number of para-hydroxylation sites is 2. The van der Waals surface area contributed by atoms with Gasteiger partial charge in [0.2, 0.25) is 11.8 Å². The van der Waals surface area contributed by atoms with Gasteiger partial charge in [-0.25, -0.2) is 0 Å². The number of benzene rings is 3. The van der Waals surface area contributed by atoms with Crippen LogP contribution in [0.2, 0.25) is 0 Å². The van der Waals surface area contributed by atoms with E-state index in [1.54, 1.807) is 89.5 Å². The van der Waals surface area contributed by atoms with E-state index in [4.69, 9.17) is 4.74 Å². The van der Waals surface area contributed by atoms with E-state index in [9.17, 15) is 19.2 Å². The van der Waals surface area contributed by atoms with Crippen LogP contribution in [0.1, 0.15) is 18.9 Å². The molecule has 7 rings (SSSR count). The monoisotopic (exact) mass is 466 g/mol. The van der Waals surface area contributed by atoms with Gasteiger partial charge in [0, 0.05) is 11.4 Å². The van der Waals surface area contributed by atoms with Crippen molar-refractivity contribution in [2.45, 2.75) is 19.0 Å². The molecule has 3 aromatic carbocycles. The highest BCUT2D eigenvalue weighted by molar-refractivity contribution is 6.27. The van der Waals surface area contributed by atoms with E-state index in [0.717, 1.165) is 0 Å². The van der Waals surface area contributed by atoms with Crippen LogP contribution in [0.15, 0.2) is 91.0 Å². The number of carbonyl (C=O) groups is 4. The predicted octanol–water partition coefficient (Wildman–Crippen LogP) is 3.65. The molecule has 4 heterocycles. The fourth-order valence-corrected chi connectivity index (χ4v) is 6.25. The summed E-state index contributed by atoms with van der Waals surface area (Å²) >= 11 is 0. The lowest BCUT2D eigenvalue weighted by molar-refractivity contribution is -0.168. The summed E-state index contributed by atoms with van der Waals surface area (Å²) < 4.78 is 5.19. The second kappa shape index (κ2) is 7.37. The number of esters is 2. The van der Waals surface area contributed by atoms with Gasteiger partial charge < -0.3 is 4.74 Å². The van der Waals surface area contributed by atoms with Gasteiger partial charge in [-0.2, -0.15) is 0 Å². The zero-order valence-corrected chi connectivity index (χ0v) is 19.0. The largest absolute Gasteiger partial charge is 0.393 e. The molecule has 7 nitrogen and oxygen atoms in total. The Hall–Kier alpha value is -4.26. The fraction of sp³-hybridized carbons (Fsp3) is 0.214. The topological polar surface area (TPSA) is 84.0 Å². The highest BCUT2D eigenvalue weighted by Crippen LogP contribution is 2.64. The van der Waals surface area contributed by atoms with Crippen molar-refractivity contribution in [2.24, 2.45) is 17.3 Å². The molecule has 4 fully saturated rings. The molecule has 4 aliphatic heterocycles. The number of hydrogen-bond donors (Lipinski definition) is 0.